The monoisotopic (exact) mass is 510 g/mol. The normalized spacial score (nSPS) is 23.6. The number of nitrogens with zero attached hydrogens (tertiary/aromatic N) is 4. The van der Waals surface area contributed by atoms with Crippen molar-refractivity contribution in [2.45, 2.75) is 57.8 Å². The molecule has 4 aromatic rings. The molecule has 0 radical (unpaired) electrons. The summed E-state index contributed by atoms with van der Waals surface area (Å²) in [6.45, 7) is 9.23. The summed E-state index contributed by atoms with van der Waals surface area (Å²) in [6, 6.07) is 21.7. The van der Waals surface area contributed by atoms with Crippen molar-refractivity contribution in [2.24, 2.45) is 5.41 Å². The largest absolute Gasteiger partial charge is 0.480 e. The van der Waals surface area contributed by atoms with Crippen LogP contribution in [0.5, 0.6) is 0 Å². The maximum absolute atomic E-state index is 12.8. The maximum Gasteiger partial charge on any atom is 0.328 e. The maximum atomic E-state index is 12.8. The second kappa shape index (κ2) is 8.84. The highest BCUT2D eigenvalue weighted by Crippen LogP contribution is 2.51. The molecule has 2 saturated heterocycles. The number of para-hydroxylation sites is 1. The van der Waals surface area contributed by atoms with Gasteiger partial charge in [0.05, 0.1) is 16.7 Å². The summed E-state index contributed by atoms with van der Waals surface area (Å²) in [5, 5.41) is 23.6. The van der Waals surface area contributed by atoms with Gasteiger partial charge in [0.25, 0.3) is 0 Å². The van der Waals surface area contributed by atoms with Crippen LogP contribution in [0.25, 0.3) is 16.6 Å². The van der Waals surface area contributed by atoms with Crippen molar-refractivity contribution < 1.29 is 9.90 Å². The molecule has 8 heteroatoms. The Morgan fingerprint density at radius 2 is 1.87 bits per heavy atom. The van der Waals surface area contributed by atoms with Gasteiger partial charge in [0, 0.05) is 36.3 Å². The van der Waals surface area contributed by atoms with Crippen LogP contribution in [-0.4, -0.2) is 50.0 Å². The number of benzene rings is 2. The molecule has 2 aromatic heterocycles. The van der Waals surface area contributed by atoms with Crippen molar-refractivity contribution in [3.8, 4) is 5.69 Å². The van der Waals surface area contributed by atoms with Gasteiger partial charge in [0.2, 0.25) is 0 Å². The van der Waals surface area contributed by atoms with E-state index in [-0.39, 0.29) is 17.5 Å². The Morgan fingerprint density at radius 1 is 1.13 bits per heavy atom. The lowest BCUT2D eigenvalue weighted by Gasteiger charge is -2.47. The first-order valence-electron chi connectivity index (χ1n) is 13.2. The number of carboxylic acids is 1. The van der Waals surface area contributed by atoms with Gasteiger partial charge in [-0.05, 0) is 42.5 Å². The molecule has 2 aromatic carbocycles. The number of aliphatic carboxylic acids is 1. The fourth-order valence-corrected chi connectivity index (χ4v) is 6.39. The van der Waals surface area contributed by atoms with Crippen LogP contribution in [0.15, 0.2) is 72.9 Å². The van der Waals surface area contributed by atoms with Crippen LogP contribution in [-0.2, 0) is 4.79 Å². The minimum absolute atomic E-state index is 0.0588. The van der Waals surface area contributed by atoms with E-state index in [0.717, 1.165) is 41.2 Å². The summed E-state index contributed by atoms with van der Waals surface area (Å²) in [7, 11) is 0. The Hall–Kier alpha value is -3.91. The van der Waals surface area contributed by atoms with Gasteiger partial charge in [0.1, 0.15) is 11.9 Å². The minimum Gasteiger partial charge on any atom is -0.480 e. The van der Waals surface area contributed by atoms with E-state index < -0.39 is 17.6 Å². The summed E-state index contributed by atoms with van der Waals surface area (Å²) >= 11 is 0. The molecular formula is C30H34N6O2. The Labute approximate surface area is 222 Å². The third-order valence-electron chi connectivity index (χ3n) is 8.39. The number of nitrogens with one attached hydrogen (secondary N) is 2. The summed E-state index contributed by atoms with van der Waals surface area (Å²) in [6.07, 6.45) is 2.55. The second-order valence-electron chi connectivity index (χ2n) is 11.5. The van der Waals surface area contributed by atoms with Crippen LogP contribution in [0.3, 0.4) is 0 Å². The summed E-state index contributed by atoms with van der Waals surface area (Å²) in [4.78, 5) is 19.4. The van der Waals surface area contributed by atoms with Crippen LogP contribution in [0, 0.1) is 5.41 Å². The molecule has 2 aliphatic rings. The molecule has 196 valence electrons. The van der Waals surface area contributed by atoms with Gasteiger partial charge >= 0.3 is 5.97 Å². The van der Waals surface area contributed by atoms with Gasteiger partial charge in [-0.3, -0.25) is 0 Å². The Kier molecular flexibility index (Phi) is 5.68. The minimum atomic E-state index is -0.821. The molecule has 0 spiro atoms. The number of rotatable bonds is 6. The number of carbonyl (C=O) groups is 1. The van der Waals surface area contributed by atoms with Gasteiger partial charge in [-0.25, -0.2) is 14.5 Å². The van der Waals surface area contributed by atoms with Gasteiger partial charge in [-0.1, -0.05) is 63.2 Å². The highest BCUT2D eigenvalue weighted by atomic mass is 16.4. The van der Waals surface area contributed by atoms with Crippen molar-refractivity contribution in [2.75, 3.05) is 16.8 Å². The van der Waals surface area contributed by atoms with Crippen LogP contribution in [0.4, 0.5) is 11.6 Å². The van der Waals surface area contributed by atoms with Crippen LogP contribution < -0.4 is 15.5 Å². The molecule has 2 fully saturated rings. The highest BCUT2D eigenvalue weighted by molar-refractivity contribution is 5.95. The molecule has 6 rings (SSSR count). The third kappa shape index (κ3) is 3.74. The van der Waals surface area contributed by atoms with E-state index in [1.165, 1.54) is 5.56 Å². The molecule has 2 bridgehead atoms. The summed E-state index contributed by atoms with van der Waals surface area (Å²) < 4.78 is 1.91. The van der Waals surface area contributed by atoms with Gasteiger partial charge in [-0.2, -0.15) is 0 Å². The van der Waals surface area contributed by atoms with E-state index in [9.17, 15) is 9.90 Å². The highest BCUT2D eigenvalue weighted by Gasteiger charge is 2.65. The average Bonchev–Trinajstić information content (AvgIpc) is 3.60. The van der Waals surface area contributed by atoms with E-state index in [2.05, 4.69) is 60.3 Å². The van der Waals surface area contributed by atoms with Crippen LogP contribution in [0.1, 0.15) is 45.7 Å². The van der Waals surface area contributed by atoms with Crippen LogP contribution in [0.2, 0.25) is 0 Å². The lowest BCUT2D eigenvalue weighted by atomic mass is 9.69. The first kappa shape index (κ1) is 24.4. The third-order valence-corrected chi connectivity index (χ3v) is 8.39. The molecule has 0 aliphatic carbocycles. The molecule has 4 heterocycles. The predicted molar refractivity (Wildman–Crippen MR) is 150 cm³/mol. The van der Waals surface area contributed by atoms with Gasteiger partial charge < -0.3 is 20.6 Å². The van der Waals surface area contributed by atoms with E-state index in [1.54, 1.807) is 6.20 Å². The number of fused-ring (bicyclic) bond motifs is 3. The first-order valence-corrected chi connectivity index (χ1v) is 13.2. The quantitative estimate of drug-likeness (QED) is 0.335. The van der Waals surface area contributed by atoms with Crippen LogP contribution >= 0.6 is 0 Å². The fraction of sp³-hybridized carbons (Fsp3) is 0.367. The fourth-order valence-electron chi connectivity index (χ4n) is 6.39. The van der Waals surface area contributed by atoms with Crippen molar-refractivity contribution >= 4 is 28.5 Å². The van der Waals surface area contributed by atoms with E-state index in [4.69, 9.17) is 5.10 Å². The average molecular weight is 511 g/mol. The summed E-state index contributed by atoms with van der Waals surface area (Å²) in [5.74, 6) is 0.646. The number of carboxylic acid groups (broad SMARTS) is 1. The zero-order valence-electron chi connectivity index (χ0n) is 22.2. The van der Waals surface area contributed by atoms with E-state index >= 15 is 0 Å². The molecular weight excluding hydrogens is 476 g/mol. The number of hydrogen-bond donors (Lipinski definition) is 3. The molecule has 3 unspecified atom stereocenters. The summed E-state index contributed by atoms with van der Waals surface area (Å²) in [5.41, 5.74) is 2.21. The molecule has 8 nitrogen and oxygen atoms in total. The van der Waals surface area contributed by atoms with Crippen molar-refractivity contribution in [1.82, 2.24) is 20.1 Å². The molecule has 4 atom stereocenters. The Balaban J connectivity index is 1.41. The second-order valence-corrected chi connectivity index (χ2v) is 11.5. The molecule has 0 saturated carbocycles. The number of pyridine rings is 1. The Morgan fingerprint density at radius 3 is 2.61 bits per heavy atom. The zero-order valence-corrected chi connectivity index (χ0v) is 22.2. The smallest absolute Gasteiger partial charge is 0.328 e. The molecule has 38 heavy (non-hydrogen) atoms. The molecule has 2 aliphatic heterocycles. The number of hydrogen-bond acceptors (Lipinski definition) is 6. The number of piperazine rings is 1. The van der Waals surface area contributed by atoms with Gasteiger partial charge in [0.15, 0.2) is 5.82 Å². The zero-order chi connectivity index (χ0) is 26.7. The SMILES string of the molecule is C[C@H](Nc1cc(-n2nc(N3C4CNC(C(C)(C)C)(C4)C3C(=O)O)c3ccccc32)ccn1)c1ccccc1. The van der Waals surface area contributed by atoms with E-state index in [0.29, 0.717) is 0 Å². The Bertz CT molecular complexity index is 1490. The topological polar surface area (TPSA) is 95.3 Å². The van der Waals surface area contributed by atoms with E-state index in [1.807, 2.05) is 59.3 Å². The van der Waals surface area contributed by atoms with Crippen molar-refractivity contribution in [3.63, 3.8) is 0 Å². The van der Waals surface area contributed by atoms with Gasteiger partial charge in [-0.15, -0.1) is 5.10 Å². The lowest BCUT2D eigenvalue weighted by molar-refractivity contribution is -0.141. The predicted octanol–water partition coefficient (Wildman–Crippen LogP) is 5.01. The first-order chi connectivity index (χ1) is 18.2. The van der Waals surface area contributed by atoms with Crippen molar-refractivity contribution in [1.29, 1.82) is 0 Å². The van der Waals surface area contributed by atoms with Crippen molar-refractivity contribution in [3.05, 3.63) is 78.5 Å². The lowest BCUT2D eigenvalue weighted by Crippen LogP contribution is -2.67. The molecule has 0 amide bonds. The number of aromatic nitrogens is 3. The standard InChI is InChI=1S/C30H34N6O2/c1-19(20-10-6-5-7-11-20)33-25-16-21(14-15-31-25)36-24-13-9-8-12-23(24)27(34-36)35-22-17-30(32-18-22,29(2,3)4)26(35)28(37)38/h5-16,19,22,26,32H,17-18H2,1-4H3,(H,31,33)(H,37,38)/t19-,22?,26?,30?/m0/s1. The number of anilines is 2. The molecule has 3 N–H and O–H groups in total.